The number of carbonyl (C=O) groups is 1. The van der Waals surface area contributed by atoms with Crippen molar-refractivity contribution < 1.29 is 23.5 Å². The number of ether oxygens (including phenoxy) is 1. The summed E-state index contributed by atoms with van der Waals surface area (Å²) in [5, 5.41) is 8.18. The van der Waals surface area contributed by atoms with Gasteiger partial charge in [-0.05, 0) is 43.5 Å². The first-order chi connectivity index (χ1) is 13.3. The molecule has 1 fully saturated rings. The summed E-state index contributed by atoms with van der Waals surface area (Å²) in [6.07, 6.45) is 0. The number of piperazine rings is 1. The Hall–Kier alpha value is -1.68. The van der Waals surface area contributed by atoms with Crippen LogP contribution in [-0.2, 0) is 15.9 Å². The third kappa shape index (κ3) is 5.22. The Morgan fingerprint density at radius 1 is 1.29 bits per heavy atom. The number of aryl methyl sites for hydroxylation is 1. The van der Waals surface area contributed by atoms with Gasteiger partial charge in [0.05, 0.1) is 12.5 Å². The van der Waals surface area contributed by atoms with Crippen molar-refractivity contribution in [3.8, 4) is 5.75 Å². The second-order valence-electron chi connectivity index (χ2n) is 7.32. The molecule has 158 valence electrons. The highest BCUT2D eigenvalue weighted by Crippen LogP contribution is 2.28. The van der Waals surface area contributed by atoms with Crippen LogP contribution in [0.15, 0.2) is 18.2 Å². The smallest absolute Gasteiger partial charge is 0.249 e. The molecule has 28 heavy (non-hydrogen) atoms. The van der Waals surface area contributed by atoms with Crippen molar-refractivity contribution in [3.05, 3.63) is 23.8 Å². The molecule has 1 amide bonds. The molecule has 3 atom stereocenters. The molecule has 1 aromatic carbocycles. The van der Waals surface area contributed by atoms with Gasteiger partial charge in [-0.15, -0.1) is 0 Å². The number of amides is 1. The summed E-state index contributed by atoms with van der Waals surface area (Å²) in [5.74, 6) is -0.769. The highest BCUT2D eigenvalue weighted by molar-refractivity contribution is 7.79. The molecular weight excluding hydrogens is 382 g/mol. The van der Waals surface area contributed by atoms with Crippen molar-refractivity contribution in [2.45, 2.75) is 33.1 Å². The fourth-order valence-electron chi connectivity index (χ4n) is 3.77. The van der Waals surface area contributed by atoms with Gasteiger partial charge in [-0.2, -0.15) is 0 Å². The van der Waals surface area contributed by atoms with Crippen LogP contribution in [0.1, 0.15) is 26.3 Å². The Labute approximate surface area is 169 Å². The quantitative estimate of drug-likeness (QED) is 0.339. The second kappa shape index (κ2) is 10.2. The zero-order chi connectivity index (χ0) is 20.8. The van der Waals surface area contributed by atoms with Crippen molar-refractivity contribution in [1.82, 2.24) is 10.4 Å². The maximum absolute atomic E-state index is 12.1. The van der Waals surface area contributed by atoms with Crippen molar-refractivity contribution in [3.63, 3.8) is 0 Å². The highest BCUT2D eigenvalue weighted by atomic mass is 32.2. The summed E-state index contributed by atoms with van der Waals surface area (Å²) in [5.41, 5.74) is 3.87. The molecule has 0 bridgehead atoms. The van der Waals surface area contributed by atoms with Gasteiger partial charge >= 0.3 is 0 Å². The first-order valence-corrected chi connectivity index (χ1v) is 10.7. The van der Waals surface area contributed by atoms with E-state index in [1.54, 1.807) is 19.3 Å². The molecular formula is C19H31N3O5S. The first kappa shape index (κ1) is 22.6. The van der Waals surface area contributed by atoms with Crippen LogP contribution in [0.3, 0.4) is 0 Å². The molecule has 3 N–H and O–H groups in total. The van der Waals surface area contributed by atoms with Gasteiger partial charge in [-0.1, -0.05) is 13.8 Å². The van der Waals surface area contributed by atoms with Crippen LogP contribution in [0, 0.1) is 18.8 Å². The number of hydrogen-bond acceptors (Lipinski definition) is 6. The lowest BCUT2D eigenvalue weighted by Gasteiger charge is -2.42. The summed E-state index contributed by atoms with van der Waals surface area (Å²) in [7, 11) is 0. The van der Waals surface area contributed by atoms with Gasteiger partial charge in [-0.3, -0.25) is 14.9 Å². The maximum Gasteiger partial charge on any atom is 0.249 e. The van der Waals surface area contributed by atoms with Gasteiger partial charge in [0.2, 0.25) is 5.91 Å². The molecule has 2 rings (SSSR count). The van der Waals surface area contributed by atoms with E-state index in [4.69, 9.17) is 9.94 Å². The molecule has 0 aliphatic carbocycles. The average molecular weight is 414 g/mol. The van der Waals surface area contributed by atoms with Crippen LogP contribution in [0.25, 0.3) is 0 Å². The zero-order valence-electron chi connectivity index (χ0n) is 16.9. The van der Waals surface area contributed by atoms with Crippen molar-refractivity contribution in [2.75, 3.05) is 37.7 Å². The van der Waals surface area contributed by atoms with Crippen molar-refractivity contribution in [2.24, 2.45) is 11.8 Å². The monoisotopic (exact) mass is 413 g/mol. The maximum atomic E-state index is 12.1. The number of carbonyl (C=O) groups excluding carboxylic acids is 1. The van der Waals surface area contributed by atoms with Gasteiger partial charge in [-0.25, -0.2) is 9.69 Å². The van der Waals surface area contributed by atoms with Crippen LogP contribution >= 0.6 is 0 Å². The fourth-order valence-corrected chi connectivity index (χ4v) is 4.93. The van der Waals surface area contributed by atoms with Gasteiger partial charge in [0.25, 0.3) is 0 Å². The number of nitrogens with zero attached hydrogens (tertiary/aromatic N) is 2. The molecule has 1 aromatic rings. The number of anilines is 1. The number of nitrogens with one attached hydrogen (secondary N) is 1. The predicted octanol–water partition coefficient (Wildman–Crippen LogP) is 1.84. The number of rotatable bonds is 8. The third-order valence-corrected chi connectivity index (χ3v) is 6.14. The van der Waals surface area contributed by atoms with Crippen LogP contribution in [0.4, 0.5) is 5.69 Å². The number of hydroxylamine groups is 1. The normalized spacial score (nSPS) is 18.6. The summed E-state index contributed by atoms with van der Waals surface area (Å²) in [6, 6.07) is 6.00. The summed E-state index contributed by atoms with van der Waals surface area (Å²) < 4.78 is 27.5. The van der Waals surface area contributed by atoms with E-state index in [1.165, 1.54) is 0 Å². The van der Waals surface area contributed by atoms with Crippen molar-refractivity contribution in [1.29, 1.82) is 0 Å². The lowest BCUT2D eigenvalue weighted by Crippen LogP contribution is -2.57. The molecule has 8 nitrogen and oxygen atoms in total. The van der Waals surface area contributed by atoms with Crippen LogP contribution < -0.4 is 15.1 Å². The van der Waals surface area contributed by atoms with Crippen LogP contribution in [0.5, 0.6) is 5.75 Å². The van der Waals surface area contributed by atoms with E-state index in [-0.39, 0.29) is 5.92 Å². The van der Waals surface area contributed by atoms with Crippen LogP contribution in [0.2, 0.25) is 0 Å². The minimum absolute atomic E-state index is 0.195. The van der Waals surface area contributed by atoms with E-state index in [2.05, 4.69) is 4.90 Å². The van der Waals surface area contributed by atoms with E-state index in [0.717, 1.165) is 17.0 Å². The molecule has 1 heterocycles. The van der Waals surface area contributed by atoms with E-state index >= 15 is 0 Å². The zero-order valence-corrected chi connectivity index (χ0v) is 17.7. The van der Waals surface area contributed by atoms with Gasteiger partial charge in [0.15, 0.2) is 11.1 Å². The minimum Gasteiger partial charge on any atom is -0.494 e. The number of benzene rings is 1. The molecule has 1 saturated heterocycles. The minimum atomic E-state index is -2.22. The second-order valence-corrected chi connectivity index (χ2v) is 8.35. The lowest BCUT2D eigenvalue weighted by molar-refractivity contribution is -0.136. The van der Waals surface area contributed by atoms with E-state index in [0.29, 0.717) is 32.8 Å². The largest absolute Gasteiger partial charge is 0.494 e. The van der Waals surface area contributed by atoms with E-state index < -0.39 is 28.3 Å². The Morgan fingerprint density at radius 2 is 1.93 bits per heavy atom. The Bertz CT molecular complexity index is 692. The van der Waals surface area contributed by atoms with Gasteiger partial charge in [0, 0.05) is 31.9 Å². The molecule has 0 spiro atoms. The Morgan fingerprint density at radius 3 is 2.39 bits per heavy atom. The summed E-state index contributed by atoms with van der Waals surface area (Å²) >= 11 is -2.22. The molecule has 0 saturated carbocycles. The van der Waals surface area contributed by atoms with Crippen molar-refractivity contribution >= 4 is 22.7 Å². The Kier molecular flexibility index (Phi) is 8.23. The molecule has 0 radical (unpaired) electrons. The van der Waals surface area contributed by atoms with Crippen LogP contribution in [-0.4, -0.2) is 62.9 Å². The first-order valence-electron chi connectivity index (χ1n) is 9.56. The standard InChI is InChI=1S/C19H31N3O5S/c1-5-27-15-6-7-16(14(4)12-15)21-8-10-22(11-9-21)19(28(25)26)17(13(2)3)18(23)20-24/h6-7,12-13,17,19,24H,5,8-11H2,1-4H3,(H,20,23)(H,25,26). The third-order valence-electron chi connectivity index (χ3n) is 5.14. The molecule has 0 aromatic heterocycles. The predicted molar refractivity (Wildman–Crippen MR) is 109 cm³/mol. The number of hydrogen-bond donors (Lipinski definition) is 3. The van der Waals surface area contributed by atoms with E-state index in [9.17, 15) is 13.6 Å². The SMILES string of the molecule is CCOc1ccc(N2CCN(C(C(C(=O)NO)C(C)C)S(=O)O)CC2)c(C)c1. The Balaban J connectivity index is 2.12. The highest BCUT2D eigenvalue weighted by Gasteiger charge is 2.40. The summed E-state index contributed by atoms with van der Waals surface area (Å²) in [4.78, 5) is 16.2. The molecule has 9 heteroatoms. The fraction of sp³-hybridized carbons (Fsp3) is 0.632. The average Bonchev–Trinajstić information content (AvgIpc) is 2.65. The molecule has 1 aliphatic rings. The summed E-state index contributed by atoms with van der Waals surface area (Å²) in [6.45, 7) is 10.7. The molecule has 3 unspecified atom stereocenters. The van der Waals surface area contributed by atoms with Gasteiger partial charge in [0.1, 0.15) is 11.1 Å². The van der Waals surface area contributed by atoms with Gasteiger partial charge < -0.3 is 14.2 Å². The molecule has 1 aliphatic heterocycles. The topological polar surface area (TPSA) is 102 Å². The lowest BCUT2D eigenvalue weighted by atomic mass is 9.93. The van der Waals surface area contributed by atoms with E-state index in [1.807, 2.05) is 36.9 Å².